The smallest absolute Gasteiger partial charge is 0.274 e. The maximum atomic E-state index is 13.2. The van der Waals surface area contributed by atoms with E-state index in [4.69, 9.17) is 9.26 Å². The number of fused-ring (bicyclic) bond motifs is 1. The number of hydrogen-bond donors (Lipinski definition) is 0. The third-order valence-corrected chi connectivity index (χ3v) is 5.16. The van der Waals surface area contributed by atoms with E-state index in [-0.39, 0.29) is 24.2 Å². The van der Waals surface area contributed by atoms with Crippen LogP contribution in [0.25, 0.3) is 23.0 Å². The summed E-state index contributed by atoms with van der Waals surface area (Å²) in [5.41, 5.74) is 3.11. The highest BCUT2D eigenvalue weighted by molar-refractivity contribution is 5.95. The lowest BCUT2D eigenvalue weighted by Crippen LogP contribution is -2.39. The van der Waals surface area contributed by atoms with E-state index < -0.39 is 0 Å². The van der Waals surface area contributed by atoms with Crippen LogP contribution < -0.4 is 9.64 Å². The maximum Gasteiger partial charge on any atom is 0.274 e. The molecule has 0 aliphatic carbocycles. The second-order valence-corrected chi connectivity index (χ2v) is 7.32. The molecule has 2 aromatic carbocycles. The molecule has 156 valence electrons. The fourth-order valence-corrected chi connectivity index (χ4v) is 3.61. The monoisotopic (exact) mass is 418 g/mol. The van der Waals surface area contributed by atoms with Crippen molar-refractivity contribution in [3.8, 4) is 28.7 Å². The highest BCUT2D eigenvalue weighted by Crippen LogP contribution is 2.33. The summed E-state index contributed by atoms with van der Waals surface area (Å²) in [4.78, 5) is 19.3. The first-order chi connectivity index (χ1) is 15.1. The number of amides is 1. The van der Waals surface area contributed by atoms with Crippen LogP contribution in [0.4, 0.5) is 10.1 Å². The number of anilines is 1. The highest BCUT2D eigenvalue weighted by atomic mass is 19.1. The van der Waals surface area contributed by atoms with E-state index in [1.807, 2.05) is 37.3 Å². The molecule has 2 aromatic heterocycles. The summed E-state index contributed by atoms with van der Waals surface area (Å²) in [7, 11) is 0. The molecule has 0 fully saturated rings. The van der Waals surface area contributed by atoms with Crippen LogP contribution in [0.3, 0.4) is 0 Å². The van der Waals surface area contributed by atoms with Crippen molar-refractivity contribution >= 4 is 11.6 Å². The van der Waals surface area contributed by atoms with Crippen LogP contribution in [0.15, 0.2) is 65.3 Å². The Morgan fingerprint density at radius 3 is 2.84 bits per heavy atom. The minimum absolute atomic E-state index is 0.0640. The summed E-state index contributed by atoms with van der Waals surface area (Å²) in [5, 5.41) is 3.99. The number of carbonyl (C=O) groups is 1. The Balaban J connectivity index is 1.39. The first-order valence-electron chi connectivity index (χ1n) is 9.87. The minimum Gasteiger partial charge on any atom is -0.490 e. The molecule has 8 heteroatoms. The van der Waals surface area contributed by atoms with E-state index >= 15 is 0 Å². The van der Waals surface area contributed by atoms with Gasteiger partial charge in [-0.05, 0) is 61.0 Å². The van der Waals surface area contributed by atoms with Gasteiger partial charge in [0.2, 0.25) is 11.7 Å². The number of rotatable bonds is 4. The molecule has 1 aliphatic heterocycles. The Labute approximate surface area is 177 Å². The topological polar surface area (TPSA) is 73.4 Å². The van der Waals surface area contributed by atoms with Gasteiger partial charge in [0.15, 0.2) is 0 Å². The first kappa shape index (κ1) is 19.0. The number of ether oxygens (including phenoxy) is 1. The summed E-state index contributed by atoms with van der Waals surface area (Å²) in [6.45, 7) is 3.03. The van der Waals surface area contributed by atoms with E-state index in [1.54, 1.807) is 27.8 Å². The second kappa shape index (κ2) is 7.71. The van der Waals surface area contributed by atoms with Crippen LogP contribution in [0.2, 0.25) is 0 Å². The van der Waals surface area contributed by atoms with Crippen molar-refractivity contribution in [2.24, 2.45) is 0 Å². The summed E-state index contributed by atoms with van der Waals surface area (Å²) in [5.74, 6) is 0.950. The molecule has 0 N–H and O–H groups in total. The van der Waals surface area contributed by atoms with Gasteiger partial charge in [0.25, 0.3) is 5.89 Å². The van der Waals surface area contributed by atoms with Crippen molar-refractivity contribution in [1.29, 1.82) is 0 Å². The molecule has 5 rings (SSSR count). The lowest BCUT2D eigenvalue weighted by atomic mass is 10.1. The summed E-state index contributed by atoms with van der Waals surface area (Å²) < 4.78 is 26.0. The average molecular weight is 418 g/mol. The normalized spacial score (nSPS) is 13.0. The highest BCUT2D eigenvalue weighted by Gasteiger charge is 2.25. The quantitative estimate of drug-likeness (QED) is 0.499. The molecule has 0 bridgehead atoms. The molecular formula is C23H19FN4O3. The van der Waals surface area contributed by atoms with Gasteiger partial charge in [-0.1, -0.05) is 11.2 Å². The van der Waals surface area contributed by atoms with E-state index in [1.165, 1.54) is 12.1 Å². The van der Waals surface area contributed by atoms with Gasteiger partial charge >= 0.3 is 0 Å². The Morgan fingerprint density at radius 1 is 1.16 bits per heavy atom. The largest absolute Gasteiger partial charge is 0.490 e. The third-order valence-electron chi connectivity index (χ3n) is 5.16. The van der Waals surface area contributed by atoms with E-state index in [2.05, 4.69) is 10.1 Å². The number of hydrogen-bond acceptors (Lipinski definition) is 5. The molecule has 1 aliphatic rings. The lowest BCUT2D eigenvalue weighted by molar-refractivity contribution is -0.119. The van der Waals surface area contributed by atoms with Crippen molar-refractivity contribution in [3.63, 3.8) is 0 Å². The Bertz CT molecular complexity index is 1250. The van der Waals surface area contributed by atoms with Gasteiger partial charge in [-0.3, -0.25) is 4.79 Å². The van der Waals surface area contributed by atoms with Gasteiger partial charge in [-0.15, -0.1) is 0 Å². The summed E-state index contributed by atoms with van der Waals surface area (Å²) in [6.07, 6.45) is 1.80. The Morgan fingerprint density at radius 2 is 2.00 bits per heavy atom. The summed E-state index contributed by atoms with van der Waals surface area (Å²) >= 11 is 0. The molecule has 0 spiro atoms. The fraction of sp³-hybridized carbons (Fsp3) is 0.174. The number of benzene rings is 2. The second-order valence-electron chi connectivity index (χ2n) is 7.32. The van der Waals surface area contributed by atoms with Gasteiger partial charge in [0.1, 0.15) is 30.4 Å². The fourth-order valence-electron chi connectivity index (χ4n) is 3.61. The van der Waals surface area contributed by atoms with E-state index in [0.717, 1.165) is 11.3 Å². The van der Waals surface area contributed by atoms with E-state index in [0.29, 0.717) is 36.0 Å². The van der Waals surface area contributed by atoms with Gasteiger partial charge in [-0.25, -0.2) is 4.39 Å². The zero-order chi connectivity index (χ0) is 21.4. The number of aromatic nitrogens is 3. The van der Waals surface area contributed by atoms with Crippen molar-refractivity contribution in [2.45, 2.75) is 13.5 Å². The van der Waals surface area contributed by atoms with Crippen molar-refractivity contribution in [3.05, 3.63) is 72.2 Å². The zero-order valence-corrected chi connectivity index (χ0v) is 16.8. The van der Waals surface area contributed by atoms with Crippen molar-refractivity contribution < 1.29 is 18.4 Å². The maximum absolute atomic E-state index is 13.2. The van der Waals surface area contributed by atoms with Crippen LogP contribution in [-0.2, 0) is 11.3 Å². The molecule has 1 amide bonds. The van der Waals surface area contributed by atoms with Crippen LogP contribution in [-0.4, -0.2) is 33.8 Å². The van der Waals surface area contributed by atoms with Gasteiger partial charge in [-0.2, -0.15) is 4.98 Å². The average Bonchev–Trinajstić information content (AvgIpc) is 3.43. The van der Waals surface area contributed by atoms with Crippen molar-refractivity contribution in [1.82, 2.24) is 14.7 Å². The first-order valence-corrected chi connectivity index (χ1v) is 9.87. The Kier molecular flexibility index (Phi) is 4.74. The van der Waals surface area contributed by atoms with Crippen LogP contribution in [0.5, 0.6) is 5.75 Å². The van der Waals surface area contributed by atoms with Gasteiger partial charge < -0.3 is 18.7 Å². The molecule has 4 aromatic rings. The predicted octanol–water partition coefficient (Wildman–Crippen LogP) is 4.08. The predicted molar refractivity (Wildman–Crippen MR) is 112 cm³/mol. The van der Waals surface area contributed by atoms with Crippen LogP contribution >= 0.6 is 0 Å². The number of halogens is 1. The molecule has 3 heterocycles. The Hall–Kier alpha value is -3.94. The molecule has 31 heavy (non-hydrogen) atoms. The molecular weight excluding hydrogens is 399 g/mol. The van der Waals surface area contributed by atoms with Crippen molar-refractivity contribution in [2.75, 3.05) is 18.1 Å². The van der Waals surface area contributed by atoms with E-state index in [9.17, 15) is 9.18 Å². The molecule has 0 atom stereocenters. The number of carbonyl (C=O) groups excluding carboxylic acids is 1. The number of aryl methyl sites for hydroxylation is 1. The molecule has 0 saturated heterocycles. The molecule has 0 radical (unpaired) electrons. The SMILES string of the molecule is Cc1ccc2c(c1)N(C(=O)Cn1cccc1-c1nc(-c3ccc(F)cc3)no1)CCO2. The van der Waals surface area contributed by atoms with Gasteiger partial charge in [0, 0.05) is 11.8 Å². The number of nitrogens with zero attached hydrogens (tertiary/aromatic N) is 4. The molecule has 0 unspecified atom stereocenters. The zero-order valence-electron chi connectivity index (χ0n) is 16.8. The van der Waals surface area contributed by atoms with Crippen LogP contribution in [0, 0.1) is 12.7 Å². The molecule has 0 saturated carbocycles. The lowest BCUT2D eigenvalue weighted by Gasteiger charge is -2.30. The molecule has 7 nitrogen and oxygen atoms in total. The minimum atomic E-state index is -0.334. The summed E-state index contributed by atoms with van der Waals surface area (Å²) in [6, 6.07) is 15.3. The standard InChI is InChI=1S/C23H19FN4O3/c1-15-4-9-20-19(13-15)28(11-12-30-20)21(29)14-27-10-2-3-18(27)23-25-22(26-31-23)16-5-7-17(24)8-6-16/h2-10,13H,11-12,14H2,1H3. The van der Waals surface area contributed by atoms with Gasteiger partial charge in [0.05, 0.1) is 12.2 Å². The van der Waals surface area contributed by atoms with Crippen LogP contribution in [0.1, 0.15) is 5.56 Å². The third kappa shape index (κ3) is 3.68.